The molecule has 7 nitrogen and oxygen atoms in total. The zero-order valence-corrected chi connectivity index (χ0v) is 16.8. The van der Waals surface area contributed by atoms with E-state index in [1.54, 1.807) is 56.0 Å². The number of hydrogen-bond acceptors (Lipinski definition) is 6. The predicted octanol–water partition coefficient (Wildman–Crippen LogP) is 3.07. The van der Waals surface area contributed by atoms with Crippen molar-refractivity contribution in [1.29, 1.82) is 5.26 Å². The van der Waals surface area contributed by atoms with Gasteiger partial charge in [-0.1, -0.05) is 30.3 Å². The molecule has 148 valence electrons. The third-order valence-electron chi connectivity index (χ3n) is 4.31. The van der Waals surface area contributed by atoms with Gasteiger partial charge in [-0.2, -0.15) is 13.7 Å². The van der Waals surface area contributed by atoms with Crippen LogP contribution in [0.2, 0.25) is 0 Å². The standard InChI is InChI=1S/C19H26N2O5S/c1-18(2,3)26-17(22)21-11-9-19(14-20,10-12-21)15-25-27(23,24)13-16-7-5-4-6-8-16/h4-8H,9-13,15H2,1-3H3. The van der Waals surface area contributed by atoms with Gasteiger partial charge >= 0.3 is 6.09 Å². The molecule has 0 aromatic heterocycles. The molecule has 1 aromatic carbocycles. The van der Waals surface area contributed by atoms with Crippen LogP contribution in [-0.4, -0.2) is 44.7 Å². The van der Waals surface area contributed by atoms with Crippen molar-refractivity contribution in [1.82, 2.24) is 4.90 Å². The molecule has 0 aliphatic carbocycles. The maximum absolute atomic E-state index is 12.2. The molecule has 1 amide bonds. The average molecular weight is 394 g/mol. The van der Waals surface area contributed by atoms with E-state index < -0.39 is 27.2 Å². The molecule has 1 aliphatic rings. The van der Waals surface area contributed by atoms with Gasteiger partial charge in [-0.05, 0) is 39.2 Å². The zero-order chi connectivity index (χ0) is 20.1. The number of nitrogens with zero attached hydrogens (tertiary/aromatic N) is 2. The summed E-state index contributed by atoms with van der Waals surface area (Å²) < 4.78 is 34.9. The Hall–Kier alpha value is -2.11. The van der Waals surface area contributed by atoms with Gasteiger partial charge in [0.1, 0.15) is 11.4 Å². The number of carbonyl (C=O) groups is 1. The van der Waals surface area contributed by atoms with Crippen LogP contribution in [0, 0.1) is 16.7 Å². The van der Waals surface area contributed by atoms with Crippen LogP contribution in [0.5, 0.6) is 0 Å². The van der Waals surface area contributed by atoms with Gasteiger partial charge < -0.3 is 9.64 Å². The highest BCUT2D eigenvalue weighted by molar-refractivity contribution is 7.85. The quantitative estimate of drug-likeness (QED) is 0.712. The monoisotopic (exact) mass is 394 g/mol. The van der Waals surface area contributed by atoms with Crippen LogP contribution in [0.3, 0.4) is 0 Å². The Morgan fingerprint density at radius 1 is 1.22 bits per heavy atom. The summed E-state index contributed by atoms with van der Waals surface area (Å²) >= 11 is 0. The van der Waals surface area contributed by atoms with Gasteiger partial charge in [0.15, 0.2) is 0 Å². The fourth-order valence-electron chi connectivity index (χ4n) is 2.75. The fraction of sp³-hybridized carbons (Fsp3) is 0.579. The van der Waals surface area contributed by atoms with E-state index in [0.29, 0.717) is 31.5 Å². The second-order valence-electron chi connectivity index (χ2n) is 7.81. The lowest BCUT2D eigenvalue weighted by Gasteiger charge is -2.37. The molecule has 1 heterocycles. The van der Waals surface area contributed by atoms with Crippen LogP contribution in [0.4, 0.5) is 4.79 Å². The first-order valence-electron chi connectivity index (χ1n) is 8.84. The minimum Gasteiger partial charge on any atom is -0.444 e. The van der Waals surface area contributed by atoms with Crippen LogP contribution in [0.15, 0.2) is 30.3 Å². The summed E-state index contributed by atoms with van der Waals surface area (Å²) in [5.74, 6) is -0.237. The maximum atomic E-state index is 12.2. The Balaban J connectivity index is 1.92. The second kappa shape index (κ2) is 8.28. The van der Waals surface area contributed by atoms with Crippen LogP contribution < -0.4 is 0 Å². The number of piperidine rings is 1. The summed E-state index contributed by atoms with van der Waals surface area (Å²) in [5, 5.41) is 9.58. The summed E-state index contributed by atoms with van der Waals surface area (Å²) in [6.07, 6.45) is 0.249. The molecule has 0 unspecified atom stereocenters. The Kier molecular flexibility index (Phi) is 6.50. The number of nitriles is 1. The molecule has 27 heavy (non-hydrogen) atoms. The molecule has 1 aliphatic heterocycles. The van der Waals surface area contributed by atoms with Crippen molar-refractivity contribution in [3.05, 3.63) is 35.9 Å². The highest BCUT2D eigenvalue weighted by atomic mass is 32.2. The Morgan fingerprint density at radius 3 is 2.33 bits per heavy atom. The smallest absolute Gasteiger partial charge is 0.410 e. The van der Waals surface area contributed by atoms with Crippen LogP contribution >= 0.6 is 0 Å². The first-order valence-corrected chi connectivity index (χ1v) is 10.4. The molecule has 0 spiro atoms. The number of ether oxygens (including phenoxy) is 1. The molecule has 0 atom stereocenters. The van der Waals surface area contributed by atoms with Gasteiger partial charge in [0.05, 0.1) is 18.1 Å². The fourth-order valence-corrected chi connectivity index (χ4v) is 3.84. The number of carbonyl (C=O) groups excluding carboxylic acids is 1. The highest BCUT2D eigenvalue weighted by Gasteiger charge is 2.39. The van der Waals surface area contributed by atoms with Gasteiger partial charge in [0.2, 0.25) is 0 Å². The van der Waals surface area contributed by atoms with Gasteiger partial charge in [0.25, 0.3) is 10.1 Å². The van der Waals surface area contributed by atoms with Crippen molar-refractivity contribution in [2.75, 3.05) is 19.7 Å². The first-order chi connectivity index (χ1) is 12.5. The van der Waals surface area contributed by atoms with Crippen LogP contribution in [0.1, 0.15) is 39.2 Å². The molecule has 1 saturated heterocycles. The molecule has 1 aromatic rings. The molecule has 1 fully saturated rings. The minimum absolute atomic E-state index is 0.208. The van der Waals surface area contributed by atoms with Crippen molar-refractivity contribution < 1.29 is 22.1 Å². The van der Waals surface area contributed by atoms with E-state index in [1.807, 2.05) is 0 Å². The lowest BCUT2D eigenvalue weighted by molar-refractivity contribution is 0.0111. The van der Waals surface area contributed by atoms with Gasteiger partial charge in [0, 0.05) is 13.1 Å². The molecular weight excluding hydrogens is 368 g/mol. The van der Waals surface area contributed by atoms with E-state index in [-0.39, 0.29) is 12.4 Å². The Bertz CT molecular complexity index is 786. The SMILES string of the molecule is CC(C)(C)OC(=O)N1CCC(C#N)(COS(=O)(=O)Cc2ccccc2)CC1. The van der Waals surface area contributed by atoms with E-state index in [1.165, 1.54) is 0 Å². The molecule has 0 saturated carbocycles. The number of benzene rings is 1. The average Bonchev–Trinajstić information content (AvgIpc) is 2.59. The Labute approximate surface area is 161 Å². The minimum atomic E-state index is -3.79. The topological polar surface area (TPSA) is 96.7 Å². The Morgan fingerprint density at radius 2 is 1.81 bits per heavy atom. The van der Waals surface area contributed by atoms with Crippen LogP contribution in [0.25, 0.3) is 0 Å². The summed E-state index contributed by atoms with van der Waals surface area (Å²) in [7, 11) is -3.79. The van der Waals surface area contributed by atoms with Crippen molar-refractivity contribution >= 4 is 16.2 Å². The van der Waals surface area contributed by atoms with Crippen molar-refractivity contribution in [2.24, 2.45) is 5.41 Å². The third-order valence-corrected chi connectivity index (χ3v) is 5.47. The zero-order valence-electron chi connectivity index (χ0n) is 16.0. The first kappa shape index (κ1) is 21.2. The molecule has 0 bridgehead atoms. The molecule has 0 radical (unpaired) electrons. The summed E-state index contributed by atoms with van der Waals surface area (Å²) in [6, 6.07) is 10.9. The lowest BCUT2D eigenvalue weighted by atomic mass is 9.81. The maximum Gasteiger partial charge on any atom is 0.410 e. The molecule has 2 rings (SSSR count). The number of amides is 1. The van der Waals surface area contributed by atoms with Crippen molar-refractivity contribution in [3.63, 3.8) is 0 Å². The second-order valence-corrected chi connectivity index (χ2v) is 9.45. The van der Waals surface area contributed by atoms with Crippen LogP contribution in [-0.2, 0) is 24.8 Å². The summed E-state index contributed by atoms with van der Waals surface area (Å²) in [6.45, 7) is 5.82. The molecule has 8 heteroatoms. The number of likely N-dealkylation sites (tertiary alicyclic amines) is 1. The van der Waals surface area contributed by atoms with Gasteiger partial charge in [-0.3, -0.25) is 4.18 Å². The number of hydrogen-bond donors (Lipinski definition) is 0. The third kappa shape index (κ3) is 6.52. The van der Waals surface area contributed by atoms with E-state index >= 15 is 0 Å². The van der Waals surface area contributed by atoms with E-state index in [2.05, 4.69) is 6.07 Å². The highest BCUT2D eigenvalue weighted by Crippen LogP contribution is 2.32. The van der Waals surface area contributed by atoms with Gasteiger partial charge in [-0.15, -0.1) is 0 Å². The number of rotatable bonds is 5. The summed E-state index contributed by atoms with van der Waals surface area (Å²) in [4.78, 5) is 13.7. The van der Waals surface area contributed by atoms with Gasteiger partial charge in [-0.25, -0.2) is 4.79 Å². The van der Waals surface area contributed by atoms with E-state index in [0.717, 1.165) is 0 Å². The largest absolute Gasteiger partial charge is 0.444 e. The van der Waals surface area contributed by atoms with E-state index in [4.69, 9.17) is 8.92 Å². The summed E-state index contributed by atoms with van der Waals surface area (Å²) in [5.41, 5.74) is -0.888. The normalized spacial score (nSPS) is 17.2. The molecule has 0 N–H and O–H groups in total. The lowest BCUT2D eigenvalue weighted by Crippen LogP contribution is -2.46. The molecular formula is C19H26N2O5S. The van der Waals surface area contributed by atoms with E-state index in [9.17, 15) is 18.5 Å². The van der Waals surface area contributed by atoms with Crippen molar-refractivity contribution in [3.8, 4) is 6.07 Å². The van der Waals surface area contributed by atoms with Crippen molar-refractivity contribution in [2.45, 2.75) is 45.0 Å². The predicted molar refractivity (Wildman–Crippen MR) is 100 cm³/mol.